The maximum absolute atomic E-state index is 11.6. The van der Waals surface area contributed by atoms with Gasteiger partial charge in [0, 0.05) is 32.8 Å². The molecule has 0 bridgehead atoms. The second kappa shape index (κ2) is 7.59. The van der Waals surface area contributed by atoms with Gasteiger partial charge in [-0.05, 0) is 6.07 Å². The van der Waals surface area contributed by atoms with Crippen LogP contribution in [0.15, 0.2) is 23.0 Å². The number of ether oxygens (including phenoxy) is 1. The van der Waals surface area contributed by atoms with Gasteiger partial charge in [0.05, 0.1) is 6.61 Å². The van der Waals surface area contributed by atoms with Crippen LogP contribution >= 0.6 is 0 Å². The van der Waals surface area contributed by atoms with E-state index in [0.29, 0.717) is 19.7 Å². The van der Waals surface area contributed by atoms with Gasteiger partial charge in [0.25, 0.3) is 5.91 Å². The zero-order valence-corrected chi connectivity index (χ0v) is 9.79. The fourth-order valence-electron chi connectivity index (χ4n) is 1.24. The van der Waals surface area contributed by atoms with Crippen molar-refractivity contribution < 1.29 is 9.53 Å². The first-order valence-corrected chi connectivity index (χ1v) is 5.41. The molecule has 0 saturated carbocycles. The summed E-state index contributed by atoms with van der Waals surface area (Å²) in [5.74, 6) is -0.281. The normalized spacial score (nSPS) is 10.2. The van der Waals surface area contributed by atoms with E-state index in [1.807, 2.05) is 0 Å². The molecule has 0 aromatic carbocycles. The van der Waals surface area contributed by atoms with Crippen LogP contribution in [0, 0.1) is 0 Å². The van der Waals surface area contributed by atoms with E-state index in [1.54, 1.807) is 19.2 Å². The zero-order chi connectivity index (χ0) is 12.5. The van der Waals surface area contributed by atoms with Crippen molar-refractivity contribution in [2.75, 3.05) is 33.4 Å². The maximum Gasteiger partial charge on any atom is 0.267 e. The lowest BCUT2D eigenvalue weighted by Gasteiger charge is -2.06. The molecule has 0 atom stereocenters. The molecule has 0 radical (unpaired) electrons. The molecular weight excluding hydrogens is 222 g/mol. The third-order valence-corrected chi connectivity index (χ3v) is 2.08. The molecule has 1 aromatic rings. The van der Waals surface area contributed by atoms with Gasteiger partial charge < -0.3 is 20.4 Å². The van der Waals surface area contributed by atoms with Crippen molar-refractivity contribution in [2.24, 2.45) is 0 Å². The van der Waals surface area contributed by atoms with Crippen LogP contribution < -0.4 is 16.2 Å². The molecule has 6 heteroatoms. The average Bonchev–Trinajstić information content (AvgIpc) is 2.33. The Labute approximate surface area is 99.4 Å². The summed E-state index contributed by atoms with van der Waals surface area (Å²) in [5, 5.41) is 5.78. The predicted octanol–water partition coefficient (Wildman–Crippen LogP) is -0.659. The SMILES string of the molecule is COCCNCCNC(=O)c1cccc(=O)[nH]1. The second-order valence-corrected chi connectivity index (χ2v) is 3.43. The summed E-state index contributed by atoms with van der Waals surface area (Å²) >= 11 is 0. The molecule has 0 aliphatic heterocycles. The number of carbonyl (C=O) groups is 1. The molecule has 17 heavy (non-hydrogen) atoms. The van der Waals surface area contributed by atoms with Gasteiger partial charge in [-0.1, -0.05) is 6.07 Å². The van der Waals surface area contributed by atoms with Gasteiger partial charge in [-0.3, -0.25) is 9.59 Å². The first-order chi connectivity index (χ1) is 8.24. The summed E-state index contributed by atoms with van der Waals surface area (Å²) in [6.45, 7) is 2.54. The largest absolute Gasteiger partial charge is 0.383 e. The summed E-state index contributed by atoms with van der Waals surface area (Å²) in [6.07, 6.45) is 0. The monoisotopic (exact) mass is 239 g/mol. The number of carbonyl (C=O) groups excluding carboxylic acids is 1. The predicted molar refractivity (Wildman–Crippen MR) is 64.1 cm³/mol. The topological polar surface area (TPSA) is 83.2 Å². The molecule has 1 aromatic heterocycles. The maximum atomic E-state index is 11.6. The van der Waals surface area contributed by atoms with Crippen molar-refractivity contribution in [1.82, 2.24) is 15.6 Å². The molecule has 0 spiro atoms. The third kappa shape index (κ3) is 5.28. The molecule has 0 aliphatic carbocycles. The standard InChI is InChI=1S/C11H17N3O3/c1-17-8-7-12-5-6-13-11(16)9-3-2-4-10(15)14-9/h2-4,12H,5-8H2,1H3,(H,13,16)(H,14,15). The van der Waals surface area contributed by atoms with Crippen molar-refractivity contribution in [3.8, 4) is 0 Å². The Morgan fingerprint density at radius 3 is 2.88 bits per heavy atom. The zero-order valence-electron chi connectivity index (χ0n) is 9.79. The van der Waals surface area contributed by atoms with Gasteiger partial charge >= 0.3 is 0 Å². The first-order valence-electron chi connectivity index (χ1n) is 5.41. The third-order valence-electron chi connectivity index (χ3n) is 2.08. The van der Waals surface area contributed by atoms with E-state index >= 15 is 0 Å². The van der Waals surface area contributed by atoms with Gasteiger partial charge in [0.15, 0.2) is 0 Å². The van der Waals surface area contributed by atoms with E-state index in [2.05, 4.69) is 15.6 Å². The minimum absolute atomic E-state index is 0.273. The summed E-state index contributed by atoms with van der Waals surface area (Å²) in [5.41, 5.74) is -0.00902. The van der Waals surface area contributed by atoms with Crippen molar-refractivity contribution in [3.05, 3.63) is 34.2 Å². The minimum Gasteiger partial charge on any atom is -0.383 e. The Kier molecular flexibility index (Phi) is 5.98. The lowest BCUT2D eigenvalue weighted by atomic mass is 10.3. The van der Waals surface area contributed by atoms with Crippen LogP contribution in [0.2, 0.25) is 0 Å². The molecule has 0 unspecified atom stereocenters. The average molecular weight is 239 g/mol. The van der Waals surface area contributed by atoms with E-state index < -0.39 is 0 Å². The van der Waals surface area contributed by atoms with Crippen LogP contribution in [-0.2, 0) is 4.74 Å². The molecule has 0 saturated heterocycles. The number of hydrogen-bond donors (Lipinski definition) is 3. The summed E-state index contributed by atoms with van der Waals surface area (Å²) in [6, 6.07) is 4.47. The number of rotatable bonds is 7. The molecule has 6 nitrogen and oxygen atoms in total. The highest BCUT2D eigenvalue weighted by molar-refractivity contribution is 5.92. The van der Waals surface area contributed by atoms with Gasteiger partial charge in [-0.15, -0.1) is 0 Å². The second-order valence-electron chi connectivity index (χ2n) is 3.43. The van der Waals surface area contributed by atoms with E-state index in [4.69, 9.17) is 4.74 Å². The van der Waals surface area contributed by atoms with Gasteiger partial charge in [-0.25, -0.2) is 0 Å². The van der Waals surface area contributed by atoms with Crippen LogP contribution in [0.3, 0.4) is 0 Å². The first kappa shape index (κ1) is 13.4. The number of pyridine rings is 1. The Balaban J connectivity index is 2.24. The minimum atomic E-state index is -0.282. The lowest BCUT2D eigenvalue weighted by Crippen LogP contribution is -2.34. The van der Waals surface area contributed by atoms with Crippen molar-refractivity contribution in [1.29, 1.82) is 0 Å². The highest BCUT2D eigenvalue weighted by atomic mass is 16.5. The number of amides is 1. The fourth-order valence-corrected chi connectivity index (χ4v) is 1.24. The molecule has 3 N–H and O–H groups in total. The number of H-pyrrole nitrogens is 1. The fraction of sp³-hybridized carbons (Fsp3) is 0.455. The number of nitrogens with one attached hydrogen (secondary N) is 3. The Bertz CT molecular complexity index is 403. The van der Waals surface area contributed by atoms with Crippen LogP contribution in [0.5, 0.6) is 0 Å². The molecule has 1 amide bonds. The highest BCUT2D eigenvalue weighted by Crippen LogP contribution is 1.88. The summed E-state index contributed by atoms with van der Waals surface area (Å²) in [4.78, 5) is 25.0. The molecule has 1 heterocycles. The van der Waals surface area contributed by atoms with Crippen molar-refractivity contribution >= 4 is 5.91 Å². The number of hydrogen-bond acceptors (Lipinski definition) is 4. The smallest absolute Gasteiger partial charge is 0.267 e. The quantitative estimate of drug-likeness (QED) is 0.552. The Morgan fingerprint density at radius 1 is 1.35 bits per heavy atom. The van der Waals surface area contributed by atoms with Gasteiger partial charge in [0.2, 0.25) is 5.56 Å². The summed E-state index contributed by atoms with van der Waals surface area (Å²) < 4.78 is 4.86. The van der Waals surface area contributed by atoms with Crippen LogP contribution in [-0.4, -0.2) is 44.2 Å². The van der Waals surface area contributed by atoms with E-state index in [9.17, 15) is 9.59 Å². The van der Waals surface area contributed by atoms with Crippen LogP contribution in [0.25, 0.3) is 0 Å². The van der Waals surface area contributed by atoms with E-state index in [1.165, 1.54) is 6.07 Å². The van der Waals surface area contributed by atoms with E-state index in [0.717, 1.165) is 6.54 Å². The van der Waals surface area contributed by atoms with Crippen LogP contribution in [0.1, 0.15) is 10.5 Å². The molecule has 1 rings (SSSR count). The van der Waals surface area contributed by atoms with Crippen molar-refractivity contribution in [2.45, 2.75) is 0 Å². The molecule has 94 valence electrons. The van der Waals surface area contributed by atoms with E-state index in [-0.39, 0.29) is 17.2 Å². The Morgan fingerprint density at radius 2 is 2.18 bits per heavy atom. The lowest BCUT2D eigenvalue weighted by molar-refractivity contribution is 0.0948. The summed E-state index contributed by atoms with van der Waals surface area (Å²) in [7, 11) is 1.63. The molecular formula is C11H17N3O3. The van der Waals surface area contributed by atoms with Gasteiger partial charge in [-0.2, -0.15) is 0 Å². The molecule has 0 fully saturated rings. The van der Waals surface area contributed by atoms with Crippen LogP contribution in [0.4, 0.5) is 0 Å². The number of aromatic nitrogens is 1. The number of methoxy groups -OCH3 is 1. The number of aromatic amines is 1. The van der Waals surface area contributed by atoms with Gasteiger partial charge in [0.1, 0.15) is 5.69 Å². The van der Waals surface area contributed by atoms with Crippen molar-refractivity contribution in [3.63, 3.8) is 0 Å². The Hall–Kier alpha value is -1.66. The highest BCUT2D eigenvalue weighted by Gasteiger charge is 2.04. The molecule has 0 aliphatic rings.